The highest BCUT2D eigenvalue weighted by Gasteiger charge is 2.35. The number of aliphatic hydroxyl groups is 1. The van der Waals surface area contributed by atoms with Crippen LogP contribution in [-0.2, 0) is 6.42 Å². The first-order chi connectivity index (χ1) is 7.50. The van der Waals surface area contributed by atoms with Gasteiger partial charge in [-0.15, -0.1) is 0 Å². The lowest BCUT2D eigenvalue weighted by atomic mass is 9.82. The summed E-state index contributed by atoms with van der Waals surface area (Å²) < 4.78 is 26.9. The van der Waals surface area contributed by atoms with Crippen molar-refractivity contribution in [3.8, 4) is 0 Å². The van der Waals surface area contributed by atoms with E-state index in [4.69, 9.17) is 0 Å². The second-order valence-corrected chi connectivity index (χ2v) is 5.08. The predicted molar refractivity (Wildman–Crippen MR) is 58.0 cm³/mol. The molecule has 1 aliphatic rings. The summed E-state index contributed by atoms with van der Waals surface area (Å²) in [5.41, 5.74) is -0.0262. The summed E-state index contributed by atoms with van der Waals surface area (Å²) in [4.78, 5) is 0. The number of hydrogen-bond donors (Lipinski definition) is 1. The van der Waals surface area contributed by atoms with Crippen molar-refractivity contribution >= 4 is 0 Å². The average molecular weight is 226 g/mol. The molecule has 1 saturated carbocycles. The van der Waals surface area contributed by atoms with Crippen molar-refractivity contribution in [1.82, 2.24) is 0 Å². The molecule has 1 N–H and O–H groups in total. The number of hydrogen-bond acceptors (Lipinski definition) is 1. The maximum Gasteiger partial charge on any atom is 0.129 e. The minimum absolute atomic E-state index is 0.152. The van der Waals surface area contributed by atoms with Gasteiger partial charge < -0.3 is 5.11 Å². The molecule has 2 rings (SSSR count). The SMILES string of the molecule is CC1(Cc2c(F)cccc2F)CCC(O)C1. The smallest absolute Gasteiger partial charge is 0.129 e. The average Bonchev–Trinajstić information content (AvgIpc) is 2.53. The van der Waals surface area contributed by atoms with Gasteiger partial charge in [0.2, 0.25) is 0 Å². The summed E-state index contributed by atoms with van der Waals surface area (Å²) >= 11 is 0. The van der Waals surface area contributed by atoms with Crippen LogP contribution in [0.3, 0.4) is 0 Å². The molecule has 1 fully saturated rings. The first-order valence-electron chi connectivity index (χ1n) is 5.61. The highest BCUT2D eigenvalue weighted by atomic mass is 19.1. The molecular formula is C13H16F2O. The summed E-state index contributed by atoms with van der Waals surface area (Å²) in [6.45, 7) is 1.98. The Labute approximate surface area is 94.1 Å². The van der Waals surface area contributed by atoms with Gasteiger partial charge in [-0.3, -0.25) is 0 Å². The molecule has 88 valence electrons. The van der Waals surface area contributed by atoms with Crippen LogP contribution >= 0.6 is 0 Å². The van der Waals surface area contributed by atoms with Crippen molar-refractivity contribution in [1.29, 1.82) is 0 Å². The lowest BCUT2D eigenvalue weighted by molar-refractivity contribution is 0.163. The van der Waals surface area contributed by atoms with Gasteiger partial charge >= 0.3 is 0 Å². The standard InChI is InChI=1S/C13H16F2O/c1-13(6-5-9(16)7-13)8-10-11(14)3-2-4-12(10)15/h2-4,9,16H,5-8H2,1H3. The molecule has 2 unspecified atom stereocenters. The minimum atomic E-state index is -0.484. The van der Waals surface area contributed by atoms with Gasteiger partial charge in [-0.2, -0.15) is 0 Å². The quantitative estimate of drug-likeness (QED) is 0.821. The van der Waals surface area contributed by atoms with Crippen LogP contribution in [0.25, 0.3) is 0 Å². The fourth-order valence-corrected chi connectivity index (χ4v) is 2.58. The molecule has 0 heterocycles. The summed E-state index contributed by atoms with van der Waals surface area (Å²) in [5.74, 6) is -0.967. The second kappa shape index (κ2) is 4.13. The van der Waals surface area contributed by atoms with Crippen molar-refractivity contribution in [3.63, 3.8) is 0 Å². The van der Waals surface area contributed by atoms with Gasteiger partial charge in [0.25, 0.3) is 0 Å². The van der Waals surface area contributed by atoms with E-state index in [1.807, 2.05) is 6.92 Å². The van der Waals surface area contributed by atoms with E-state index in [9.17, 15) is 13.9 Å². The topological polar surface area (TPSA) is 20.2 Å². The van der Waals surface area contributed by atoms with Crippen LogP contribution in [0.4, 0.5) is 8.78 Å². The summed E-state index contributed by atoms with van der Waals surface area (Å²) in [6, 6.07) is 3.94. The van der Waals surface area contributed by atoms with Crippen molar-refractivity contribution in [3.05, 3.63) is 35.4 Å². The maximum absolute atomic E-state index is 13.5. The van der Waals surface area contributed by atoms with Gasteiger partial charge in [0.05, 0.1) is 6.10 Å². The monoisotopic (exact) mass is 226 g/mol. The van der Waals surface area contributed by atoms with E-state index < -0.39 is 11.6 Å². The van der Waals surface area contributed by atoms with Gasteiger partial charge in [-0.25, -0.2) is 8.78 Å². The van der Waals surface area contributed by atoms with Gasteiger partial charge in [-0.1, -0.05) is 13.0 Å². The molecule has 0 aromatic heterocycles. The molecule has 0 aliphatic heterocycles. The molecule has 0 radical (unpaired) electrons. The number of rotatable bonds is 2. The molecule has 1 aliphatic carbocycles. The Morgan fingerprint density at radius 1 is 1.38 bits per heavy atom. The van der Waals surface area contributed by atoms with Gasteiger partial charge in [0, 0.05) is 5.56 Å². The number of aliphatic hydroxyl groups excluding tert-OH is 1. The molecule has 0 spiro atoms. The fourth-order valence-electron chi connectivity index (χ4n) is 2.58. The van der Waals surface area contributed by atoms with E-state index in [0.717, 1.165) is 12.8 Å². The van der Waals surface area contributed by atoms with E-state index >= 15 is 0 Å². The molecule has 2 atom stereocenters. The zero-order valence-corrected chi connectivity index (χ0v) is 9.34. The predicted octanol–water partition coefficient (Wildman–Crippen LogP) is 3.06. The van der Waals surface area contributed by atoms with Crippen LogP contribution in [-0.4, -0.2) is 11.2 Å². The molecule has 1 nitrogen and oxygen atoms in total. The van der Waals surface area contributed by atoms with E-state index in [-0.39, 0.29) is 17.1 Å². The Kier molecular flexibility index (Phi) is 2.98. The Hall–Kier alpha value is -0.960. The Morgan fingerprint density at radius 2 is 2.00 bits per heavy atom. The molecule has 0 amide bonds. The normalized spacial score (nSPS) is 29.6. The molecular weight excluding hydrogens is 210 g/mol. The van der Waals surface area contributed by atoms with Crippen LogP contribution in [0.5, 0.6) is 0 Å². The molecule has 1 aromatic carbocycles. The summed E-state index contributed by atoms with van der Waals surface area (Å²) in [6.07, 6.45) is 2.22. The highest BCUT2D eigenvalue weighted by Crippen LogP contribution is 2.41. The third-order valence-electron chi connectivity index (χ3n) is 3.47. The largest absolute Gasteiger partial charge is 0.393 e. The Morgan fingerprint density at radius 3 is 2.50 bits per heavy atom. The highest BCUT2D eigenvalue weighted by molar-refractivity contribution is 5.21. The fraction of sp³-hybridized carbons (Fsp3) is 0.538. The van der Waals surface area contributed by atoms with Crippen molar-refractivity contribution < 1.29 is 13.9 Å². The number of halogens is 2. The van der Waals surface area contributed by atoms with Crippen molar-refractivity contribution in [2.45, 2.75) is 38.7 Å². The Bertz CT molecular complexity index is 371. The van der Waals surface area contributed by atoms with Gasteiger partial charge in [0.15, 0.2) is 0 Å². The molecule has 16 heavy (non-hydrogen) atoms. The maximum atomic E-state index is 13.5. The van der Waals surface area contributed by atoms with Gasteiger partial charge in [0.1, 0.15) is 11.6 Å². The second-order valence-electron chi connectivity index (χ2n) is 5.08. The van der Waals surface area contributed by atoms with Crippen LogP contribution in [0.2, 0.25) is 0 Å². The molecule has 1 aromatic rings. The first-order valence-corrected chi connectivity index (χ1v) is 5.61. The summed E-state index contributed by atoms with van der Waals surface area (Å²) in [5, 5.41) is 9.49. The van der Waals surface area contributed by atoms with E-state index in [1.165, 1.54) is 18.2 Å². The van der Waals surface area contributed by atoms with Crippen molar-refractivity contribution in [2.75, 3.05) is 0 Å². The van der Waals surface area contributed by atoms with Crippen molar-refractivity contribution in [2.24, 2.45) is 5.41 Å². The first kappa shape index (κ1) is 11.5. The minimum Gasteiger partial charge on any atom is -0.393 e. The van der Waals surface area contributed by atoms with Crippen LogP contribution in [0.1, 0.15) is 31.7 Å². The number of benzene rings is 1. The van der Waals surface area contributed by atoms with E-state index in [0.29, 0.717) is 12.8 Å². The zero-order valence-electron chi connectivity index (χ0n) is 9.34. The zero-order chi connectivity index (χ0) is 11.8. The molecule has 0 saturated heterocycles. The molecule has 0 bridgehead atoms. The van der Waals surface area contributed by atoms with Gasteiger partial charge in [-0.05, 0) is 43.2 Å². The third-order valence-corrected chi connectivity index (χ3v) is 3.47. The third kappa shape index (κ3) is 2.24. The van der Waals surface area contributed by atoms with E-state index in [1.54, 1.807) is 0 Å². The van der Waals surface area contributed by atoms with E-state index in [2.05, 4.69) is 0 Å². The molecule has 3 heteroatoms. The lowest BCUT2D eigenvalue weighted by Crippen LogP contribution is -2.18. The van der Waals surface area contributed by atoms with Crippen LogP contribution in [0, 0.1) is 17.0 Å². The van der Waals surface area contributed by atoms with Crippen LogP contribution < -0.4 is 0 Å². The van der Waals surface area contributed by atoms with Crippen LogP contribution in [0.15, 0.2) is 18.2 Å². The Balaban J connectivity index is 2.21. The summed E-state index contributed by atoms with van der Waals surface area (Å²) in [7, 11) is 0. The lowest BCUT2D eigenvalue weighted by Gasteiger charge is -2.24.